The van der Waals surface area contributed by atoms with Crippen LogP contribution in [0.2, 0.25) is 10.0 Å². The number of nitrogens with zero attached hydrogens (tertiary/aromatic N) is 1. The summed E-state index contributed by atoms with van der Waals surface area (Å²) in [6.45, 7) is 7.64. The summed E-state index contributed by atoms with van der Waals surface area (Å²) in [5.74, 6) is -0.139. The Bertz CT molecular complexity index is 658. The van der Waals surface area contributed by atoms with E-state index in [1.165, 1.54) is 0 Å². The molecule has 1 N–H and O–H groups in total. The second-order valence-electron chi connectivity index (χ2n) is 7.23. The summed E-state index contributed by atoms with van der Waals surface area (Å²) in [5, 5.41) is 3.56. The summed E-state index contributed by atoms with van der Waals surface area (Å²) in [5.41, 5.74) is 0.341. The van der Waals surface area contributed by atoms with E-state index in [4.69, 9.17) is 27.9 Å². The molecule has 1 aliphatic heterocycles. The molecule has 1 aromatic rings. The van der Waals surface area contributed by atoms with E-state index in [0.717, 1.165) is 18.4 Å². The number of likely N-dealkylation sites (tertiary alicyclic amines) is 1. The van der Waals surface area contributed by atoms with Gasteiger partial charge in [-0.05, 0) is 58.2 Å². The second kappa shape index (κ2) is 7.83. The van der Waals surface area contributed by atoms with Crippen LogP contribution in [-0.2, 0) is 9.53 Å². The minimum atomic E-state index is -0.668. The van der Waals surface area contributed by atoms with Crippen molar-refractivity contribution in [1.29, 1.82) is 0 Å². The van der Waals surface area contributed by atoms with Crippen LogP contribution in [0.25, 0.3) is 0 Å². The summed E-state index contributed by atoms with van der Waals surface area (Å²) in [4.78, 5) is 26.4. The van der Waals surface area contributed by atoms with E-state index in [9.17, 15) is 9.59 Å². The first-order chi connectivity index (χ1) is 11.6. The number of hydrogen-bond donors (Lipinski definition) is 1. The van der Waals surface area contributed by atoms with Crippen molar-refractivity contribution in [2.45, 2.75) is 58.2 Å². The van der Waals surface area contributed by atoms with Crippen molar-refractivity contribution < 1.29 is 14.3 Å². The highest BCUT2D eigenvalue weighted by atomic mass is 35.5. The fourth-order valence-electron chi connectivity index (χ4n) is 2.89. The van der Waals surface area contributed by atoms with Crippen LogP contribution in [-0.4, -0.2) is 35.1 Å². The van der Waals surface area contributed by atoms with Crippen molar-refractivity contribution in [2.75, 3.05) is 6.54 Å². The Hall–Kier alpha value is -1.46. The van der Waals surface area contributed by atoms with Gasteiger partial charge in [0, 0.05) is 6.54 Å². The molecule has 0 aliphatic carbocycles. The standard InChI is InChI=1S/C18H24Cl2N2O3/c1-11(21-17(24)25-18(2,3)4)16(23)22-9-5-6-15(22)12-7-8-13(19)14(20)10-12/h7-8,10-11,15H,5-6,9H2,1-4H3,(H,21,24)/t11-,15?/m1/s1. The molecule has 2 atom stereocenters. The maximum atomic E-state index is 12.8. The van der Waals surface area contributed by atoms with Crippen molar-refractivity contribution >= 4 is 35.2 Å². The van der Waals surface area contributed by atoms with E-state index in [2.05, 4.69) is 5.32 Å². The second-order valence-corrected chi connectivity index (χ2v) is 8.05. The lowest BCUT2D eigenvalue weighted by Gasteiger charge is -2.29. The maximum absolute atomic E-state index is 12.8. The van der Waals surface area contributed by atoms with E-state index < -0.39 is 17.7 Å². The summed E-state index contributed by atoms with van der Waals surface area (Å²) >= 11 is 12.1. The van der Waals surface area contributed by atoms with Gasteiger partial charge in [0.1, 0.15) is 11.6 Å². The average Bonchev–Trinajstić information content (AvgIpc) is 2.96. The number of nitrogens with one attached hydrogen (secondary N) is 1. The van der Waals surface area contributed by atoms with Gasteiger partial charge in [0.25, 0.3) is 0 Å². The van der Waals surface area contributed by atoms with Crippen LogP contribution in [0.1, 0.15) is 52.1 Å². The summed E-state index contributed by atoms with van der Waals surface area (Å²) in [7, 11) is 0. The van der Waals surface area contributed by atoms with Crippen molar-refractivity contribution in [3.8, 4) is 0 Å². The average molecular weight is 387 g/mol. The molecule has 7 heteroatoms. The van der Waals surface area contributed by atoms with Gasteiger partial charge in [-0.2, -0.15) is 0 Å². The zero-order valence-electron chi connectivity index (χ0n) is 14.9. The predicted octanol–water partition coefficient (Wildman–Crippen LogP) is 4.57. The van der Waals surface area contributed by atoms with Gasteiger partial charge in [0.05, 0.1) is 16.1 Å². The molecule has 0 bridgehead atoms. The number of carbonyl (C=O) groups is 2. The van der Waals surface area contributed by atoms with Crippen molar-refractivity contribution in [3.63, 3.8) is 0 Å². The van der Waals surface area contributed by atoms with Crippen LogP contribution in [0, 0.1) is 0 Å². The van der Waals surface area contributed by atoms with Gasteiger partial charge in [0.15, 0.2) is 0 Å². The molecule has 0 radical (unpaired) electrons. The molecule has 25 heavy (non-hydrogen) atoms. The number of benzene rings is 1. The third-order valence-corrected chi connectivity index (χ3v) is 4.71. The van der Waals surface area contributed by atoms with Crippen LogP contribution < -0.4 is 5.32 Å². The molecule has 1 fully saturated rings. The van der Waals surface area contributed by atoms with Crippen LogP contribution in [0.3, 0.4) is 0 Å². The molecule has 0 saturated carbocycles. The highest BCUT2D eigenvalue weighted by molar-refractivity contribution is 6.42. The van der Waals surface area contributed by atoms with Crippen LogP contribution in [0.5, 0.6) is 0 Å². The highest BCUT2D eigenvalue weighted by Crippen LogP contribution is 2.35. The SMILES string of the molecule is C[C@@H](NC(=O)OC(C)(C)C)C(=O)N1CCCC1c1ccc(Cl)c(Cl)c1. The Morgan fingerprint density at radius 3 is 2.56 bits per heavy atom. The fourth-order valence-corrected chi connectivity index (χ4v) is 3.20. The third-order valence-electron chi connectivity index (χ3n) is 3.97. The first-order valence-corrected chi connectivity index (χ1v) is 9.09. The Morgan fingerprint density at radius 1 is 1.28 bits per heavy atom. The lowest BCUT2D eigenvalue weighted by Crippen LogP contribution is -2.47. The van der Waals surface area contributed by atoms with Crippen molar-refractivity contribution in [3.05, 3.63) is 33.8 Å². The number of carbonyl (C=O) groups excluding carboxylic acids is 2. The quantitative estimate of drug-likeness (QED) is 0.827. The van der Waals surface area contributed by atoms with Gasteiger partial charge < -0.3 is 15.0 Å². The van der Waals surface area contributed by atoms with Gasteiger partial charge >= 0.3 is 6.09 Å². The Morgan fingerprint density at radius 2 is 1.96 bits per heavy atom. The summed E-state index contributed by atoms with van der Waals surface area (Å²) in [6, 6.07) is 4.69. The zero-order valence-corrected chi connectivity index (χ0v) is 16.4. The van der Waals surface area contributed by atoms with Gasteiger partial charge in [-0.25, -0.2) is 4.79 Å². The minimum absolute atomic E-state index is 0.0647. The van der Waals surface area contributed by atoms with Gasteiger partial charge in [-0.3, -0.25) is 4.79 Å². The largest absolute Gasteiger partial charge is 0.444 e. The number of alkyl carbamates (subject to hydrolysis) is 1. The van der Waals surface area contributed by atoms with Crippen LogP contribution >= 0.6 is 23.2 Å². The molecule has 1 aromatic carbocycles. The molecule has 1 aliphatic rings. The molecule has 1 saturated heterocycles. The molecule has 1 unspecified atom stereocenters. The molecular formula is C18H24Cl2N2O3. The molecular weight excluding hydrogens is 363 g/mol. The number of amides is 2. The maximum Gasteiger partial charge on any atom is 0.408 e. The van der Waals surface area contributed by atoms with Crippen molar-refractivity contribution in [2.24, 2.45) is 0 Å². The molecule has 2 rings (SSSR count). The number of rotatable bonds is 3. The lowest BCUT2D eigenvalue weighted by atomic mass is 10.0. The first-order valence-electron chi connectivity index (χ1n) is 8.33. The minimum Gasteiger partial charge on any atom is -0.444 e. The lowest BCUT2D eigenvalue weighted by molar-refractivity contribution is -0.134. The number of hydrogen-bond acceptors (Lipinski definition) is 3. The van der Waals surface area contributed by atoms with E-state index in [1.807, 2.05) is 6.07 Å². The molecule has 0 aromatic heterocycles. The molecule has 1 heterocycles. The van der Waals surface area contributed by atoms with Gasteiger partial charge in [0.2, 0.25) is 5.91 Å². The molecule has 2 amide bonds. The number of ether oxygens (including phenoxy) is 1. The zero-order chi connectivity index (χ0) is 18.8. The van der Waals surface area contributed by atoms with E-state index in [-0.39, 0.29) is 11.9 Å². The number of halogens is 2. The molecule has 138 valence electrons. The topological polar surface area (TPSA) is 58.6 Å². The van der Waals surface area contributed by atoms with Crippen LogP contribution in [0.4, 0.5) is 4.79 Å². The van der Waals surface area contributed by atoms with Gasteiger partial charge in [-0.15, -0.1) is 0 Å². The summed E-state index contributed by atoms with van der Waals surface area (Å²) in [6.07, 6.45) is 1.15. The Labute approximate surface area is 158 Å². The van der Waals surface area contributed by atoms with Gasteiger partial charge in [-0.1, -0.05) is 29.3 Å². The van der Waals surface area contributed by atoms with Crippen LogP contribution in [0.15, 0.2) is 18.2 Å². The molecule has 0 spiro atoms. The Kier molecular flexibility index (Phi) is 6.22. The van der Waals surface area contributed by atoms with Crippen molar-refractivity contribution in [1.82, 2.24) is 10.2 Å². The first kappa shape index (κ1) is 19.9. The normalized spacial score (nSPS) is 18.8. The van der Waals surface area contributed by atoms with E-state index in [0.29, 0.717) is 16.6 Å². The van der Waals surface area contributed by atoms with E-state index in [1.54, 1.807) is 44.7 Å². The third kappa shape index (κ3) is 5.25. The fraction of sp³-hybridized carbons (Fsp3) is 0.556. The molecule has 5 nitrogen and oxygen atoms in total. The highest BCUT2D eigenvalue weighted by Gasteiger charge is 2.33. The smallest absolute Gasteiger partial charge is 0.408 e. The predicted molar refractivity (Wildman–Crippen MR) is 99.0 cm³/mol. The monoisotopic (exact) mass is 386 g/mol. The summed E-state index contributed by atoms with van der Waals surface area (Å²) < 4.78 is 5.21. The van der Waals surface area contributed by atoms with E-state index >= 15 is 0 Å². The Balaban J connectivity index is 2.06.